The Morgan fingerprint density at radius 3 is 2.65 bits per heavy atom. The molecule has 0 aliphatic carbocycles. The number of hydrogen-bond acceptors (Lipinski definition) is 4. The van der Waals surface area contributed by atoms with Crippen LogP contribution in [0.5, 0.6) is 0 Å². The number of rotatable bonds is 4. The van der Waals surface area contributed by atoms with E-state index >= 15 is 0 Å². The highest BCUT2D eigenvalue weighted by Gasteiger charge is 2.40. The van der Waals surface area contributed by atoms with Gasteiger partial charge in [-0.2, -0.15) is 0 Å². The maximum absolute atomic E-state index is 12.0. The minimum absolute atomic E-state index is 0.125. The lowest BCUT2D eigenvalue weighted by Gasteiger charge is -2.20. The van der Waals surface area contributed by atoms with Crippen molar-refractivity contribution in [3.63, 3.8) is 0 Å². The molecule has 1 heterocycles. The third-order valence-corrected chi connectivity index (χ3v) is 3.32. The van der Waals surface area contributed by atoms with E-state index in [4.69, 9.17) is 14.6 Å². The van der Waals surface area contributed by atoms with Gasteiger partial charge in [-0.25, -0.2) is 9.59 Å². The van der Waals surface area contributed by atoms with Crippen LogP contribution in [0.25, 0.3) is 0 Å². The van der Waals surface area contributed by atoms with Crippen LogP contribution < -0.4 is 0 Å². The molecule has 20 heavy (non-hydrogen) atoms. The van der Waals surface area contributed by atoms with Gasteiger partial charge in [-0.15, -0.1) is 0 Å². The first-order chi connectivity index (χ1) is 9.61. The number of carboxylic acid groups (broad SMARTS) is 1. The van der Waals surface area contributed by atoms with Crippen molar-refractivity contribution in [1.82, 2.24) is 4.90 Å². The number of carbonyl (C=O) groups is 2. The number of hydrogen-bond donors (Lipinski definition) is 1. The van der Waals surface area contributed by atoms with Gasteiger partial charge >= 0.3 is 12.1 Å². The molecule has 1 saturated heterocycles. The molecule has 2 rings (SSSR count). The molecule has 6 nitrogen and oxygen atoms in total. The van der Waals surface area contributed by atoms with Gasteiger partial charge < -0.3 is 14.6 Å². The van der Waals surface area contributed by atoms with Gasteiger partial charge in [-0.05, 0) is 5.56 Å². The minimum Gasteiger partial charge on any atom is -0.480 e. The summed E-state index contributed by atoms with van der Waals surface area (Å²) in [7, 11) is 1.50. The molecule has 2 atom stereocenters. The molecule has 1 aliphatic rings. The van der Waals surface area contributed by atoms with E-state index in [9.17, 15) is 9.59 Å². The molecule has 6 heteroatoms. The van der Waals surface area contributed by atoms with Gasteiger partial charge in [0.15, 0.2) is 0 Å². The average molecular weight is 279 g/mol. The van der Waals surface area contributed by atoms with Crippen LogP contribution in [0.3, 0.4) is 0 Å². The first kappa shape index (κ1) is 14.3. The van der Waals surface area contributed by atoms with E-state index < -0.39 is 18.1 Å². The molecule has 0 bridgehead atoms. The molecular weight excluding hydrogens is 262 g/mol. The van der Waals surface area contributed by atoms with Crippen molar-refractivity contribution in [3.05, 3.63) is 35.9 Å². The molecule has 1 N–H and O–H groups in total. The van der Waals surface area contributed by atoms with Crippen molar-refractivity contribution >= 4 is 12.1 Å². The van der Waals surface area contributed by atoms with Gasteiger partial charge in [0.05, 0.1) is 12.6 Å². The number of ether oxygens (including phenoxy) is 2. The molecule has 1 amide bonds. The van der Waals surface area contributed by atoms with Crippen LogP contribution >= 0.6 is 0 Å². The molecule has 0 aromatic heterocycles. The monoisotopic (exact) mass is 279 g/mol. The lowest BCUT2D eigenvalue weighted by Crippen LogP contribution is -2.40. The van der Waals surface area contributed by atoms with Crippen molar-refractivity contribution in [2.45, 2.75) is 25.2 Å². The highest BCUT2D eigenvalue weighted by molar-refractivity contribution is 5.80. The Balaban J connectivity index is 1.95. The zero-order chi connectivity index (χ0) is 14.5. The van der Waals surface area contributed by atoms with Gasteiger partial charge in [0.1, 0.15) is 12.6 Å². The molecular formula is C14H17NO5. The number of carbonyl (C=O) groups excluding carboxylic acids is 1. The van der Waals surface area contributed by atoms with Crippen LogP contribution in [0, 0.1) is 0 Å². The van der Waals surface area contributed by atoms with Gasteiger partial charge in [0, 0.05) is 13.5 Å². The van der Waals surface area contributed by atoms with E-state index in [1.807, 2.05) is 30.3 Å². The van der Waals surface area contributed by atoms with Crippen molar-refractivity contribution in [2.75, 3.05) is 13.7 Å². The van der Waals surface area contributed by atoms with Crippen LogP contribution in [0.1, 0.15) is 12.0 Å². The lowest BCUT2D eigenvalue weighted by molar-refractivity contribution is -0.141. The summed E-state index contributed by atoms with van der Waals surface area (Å²) in [5, 5.41) is 9.13. The molecule has 1 aromatic carbocycles. The van der Waals surface area contributed by atoms with E-state index in [1.165, 1.54) is 12.0 Å². The Morgan fingerprint density at radius 1 is 1.35 bits per heavy atom. The van der Waals surface area contributed by atoms with Crippen LogP contribution in [0.15, 0.2) is 30.3 Å². The summed E-state index contributed by atoms with van der Waals surface area (Å²) in [6.45, 7) is 0.362. The number of carboxylic acids is 1. The molecule has 0 unspecified atom stereocenters. The van der Waals surface area contributed by atoms with Crippen molar-refractivity contribution in [1.29, 1.82) is 0 Å². The number of aliphatic carboxylic acids is 1. The van der Waals surface area contributed by atoms with E-state index in [2.05, 4.69) is 0 Å². The second-order valence-electron chi connectivity index (χ2n) is 4.64. The first-order valence-corrected chi connectivity index (χ1v) is 6.34. The molecule has 1 aliphatic heterocycles. The molecule has 0 saturated carbocycles. The highest BCUT2D eigenvalue weighted by Crippen LogP contribution is 2.21. The maximum Gasteiger partial charge on any atom is 0.410 e. The normalized spacial score (nSPS) is 21.8. The average Bonchev–Trinajstić information content (AvgIpc) is 2.90. The van der Waals surface area contributed by atoms with Crippen molar-refractivity contribution in [3.8, 4) is 0 Å². The van der Waals surface area contributed by atoms with Crippen molar-refractivity contribution in [2.24, 2.45) is 0 Å². The molecule has 108 valence electrons. The topological polar surface area (TPSA) is 76.1 Å². The smallest absolute Gasteiger partial charge is 0.410 e. The zero-order valence-corrected chi connectivity index (χ0v) is 11.2. The van der Waals surface area contributed by atoms with Gasteiger partial charge in [-0.1, -0.05) is 30.3 Å². The van der Waals surface area contributed by atoms with Crippen LogP contribution in [0.4, 0.5) is 4.79 Å². The summed E-state index contributed by atoms with van der Waals surface area (Å²) < 4.78 is 10.3. The van der Waals surface area contributed by atoms with Gasteiger partial charge in [0.2, 0.25) is 0 Å². The molecule has 1 aromatic rings. The van der Waals surface area contributed by atoms with Gasteiger partial charge in [0.25, 0.3) is 0 Å². The molecule has 0 spiro atoms. The quantitative estimate of drug-likeness (QED) is 0.903. The Bertz CT molecular complexity index is 476. The van der Waals surface area contributed by atoms with E-state index in [-0.39, 0.29) is 25.7 Å². The highest BCUT2D eigenvalue weighted by atomic mass is 16.6. The molecule has 1 fully saturated rings. The minimum atomic E-state index is -1.04. The first-order valence-electron chi connectivity index (χ1n) is 6.34. The maximum atomic E-state index is 12.0. The fourth-order valence-corrected chi connectivity index (χ4v) is 2.21. The van der Waals surface area contributed by atoms with Crippen LogP contribution in [-0.4, -0.2) is 47.9 Å². The number of amides is 1. The van der Waals surface area contributed by atoms with Crippen LogP contribution in [0.2, 0.25) is 0 Å². The van der Waals surface area contributed by atoms with Gasteiger partial charge in [-0.3, -0.25) is 4.90 Å². The fraction of sp³-hybridized carbons (Fsp3) is 0.429. The summed E-state index contributed by atoms with van der Waals surface area (Å²) in [5.74, 6) is -1.04. The summed E-state index contributed by atoms with van der Waals surface area (Å²) in [6, 6.07) is 8.35. The summed E-state index contributed by atoms with van der Waals surface area (Å²) >= 11 is 0. The largest absolute Gasteiger partial charge is 0.480 e. The lowest BCUT2D eigenvalue weighted by atomic mass is 10.2. The summed E-state index contributed by atoms with van der Waals surface area (Å²) in [6.07, 6.45) is -0.604. The summed E-state index contributed by atoms with van der Waals surface area (Å²) in [5.41, 5.74) is 0.857. The predicted molar refractivity (Wildman–Crippen MR) is 70.2 cm³/mol. The third kappa shape index (κ3) is 3.27. The number of benzene rings is 1. The SMILES string of the molecule is CO[C@@H]1C[C@H](C(=O)O)N(C(=O)OCc2ccccc2)C1. The zero-order valence-electron chi connectivity index (χ0n) is 11.2. The van der Waals surface area contributed by atoms with E-state index in [0.29, 0.717) is 0 Å². The Kier molecular flexibility index (Phi) is 4.57. The Hall–Kier alpha value is -2.08. The number of likely N-dealkylation sites (tertiary alicyclic amines) is 1. The van der Waals surface area contributed by atoms with Crippen LogP contribution in [-0.2, 0) is 20.9 Å². The second-order valence-corrected chi connectivity index (χ2v) is 4.64. The summed E-state index contributed by atoms with van der Waals surface area (Å²) in [4.78, 5) is 24.3. The van der Waals surface area contributed by atoms with E-state index in [1.54, 1.807) is 0 Å². The Labute approximate surface area is 116 Å². The predicted octanol–water partition coefficient (Wildman–Crippen LogP) is 1.50. The fourth-order valence-electron chi connectivity index (χ4n) is 2.21. The Morgan fingerprint density at radius 2 is 2.05 bits per heavy atom. The number of methoxy groups -OCH3 is 1. The van der Waals surface area contributed by atoms with E-state index in [0.717, 1.165) is 5.56 Å². The molecule has 0 radical (unpaired) electrons. The standard InChI is InChI=1S/C14H17NO5/c1-19-11-7-12(13(16)17)15(8-11)14(18)20-9-10-5-3-2-4-6-10/h2-6,11-12H,7-9H2,1H3,(H,16,17)/t11-,12-/m1/s1. The van der Waals surface area contributed by atoms with Crippen molar-refractivity contribution < 1.29 is 24.2 Å². The number of nitrogens with zero attached hydrogens (tertiary/aromatic N) is 1. The second kappa shape index (κ2) is 6.38. The third-order valence-electron chi connectivity index (χ3n) is 3.32.